The fraction of sp³-hybridized carbons (Fsp3) is 0.520. The summed E-state index contributed by atoms with van der Waals surface area (Å²) in [5, 5.41) is 13.7. The molecule has 2 atom stereocenters. The van der Waals surface area contributed by atoms with Gasteiger partial charge in [0.25, 0.3) is 0 Å². The SMILES string of the molecule is [C-]#[N+]c1cnc(Nc2cc(-n3nnn(C)c3=O)c(OCCF)cc2F)nc1N[C@@H]1C[C@@H]2CCCN2C(C)(C)C1. The number of nitrogens with zero attached hydrogens (tertiary/aromatic N) is 8. The van der Waals surface area contributed by atoms with Crippen molar-refractivity contribution < 1.29 is 13.5 Å². The molecule has 39 heavy (non-hydrogen) atoms. The second kappa shape index (κ2) is 10.6. The van der Waals surface area contributed by atoms with Crippen molar-refractivity contribution in [1.82, 2.24) is 34.7 Å². The molecule has 0 unspecified atom stereocenters. The number of benzene rings is 1. The minimum atomic E-state index is -0.801. The third-order valence-corrected chi connectivity index (χ3v) is 7.27. The number of tetrazole rings is 1. The fourth-order valence-corrected chi connectivity index (χ4v) is 5.59. The topological polar surface area (TPSA) is 119 Å². The van der Waals surface area contributed by atoms with Gasteiger partial charge in [-0.2, -0.15) is 9.36 Å². The van der Waals surface area contributed by atoms with E-state index >= 15 is 4.39 Å². The van der Waals surface area contributed by atoms with Crippen LogP contribution in [0, 0.1) is 12.4 Å². The second-order valence-electron chi connectivity index (χ2n) is 10.4. The minimum absolute atomic E-state index is 0.0212. The second-order valence-corrected chi connectivity index (χ2v) is 10.4. The van der Waals surface area contributed by atoms with Crippen LogP contribution in [0.3, 0.4) is 0 Å². The predicted octanol–water partition coefficient (Wildman–Crippen LogP) is 3.36. The molecule has 0 amide bonds. The molecule has 0 spiro atoms. The third kappa shape index (κ3) is 5.26. The maximum Gasteiger partial charge on any atom is 0.368 e. The molecular weight excluding hydrogens is 510 g/mol. The van der Waals surface area contributed by atoms with Gasteiger partial charge in [0.05, 0.1) is 12.3 Å². The van der Waals surface area contributed by atoms with Gasteiger partial charge in [-0.3, -0.25) is 4.90 Å². The summed E-state index contributed by atoms with van der Waals surface area (Å²) in [7, 11) is 1.41. The molecule has 1 aromatic carbocycles. The number of ether oxygens (including phenoxy) is 1. The number of fused-ring (bicyclic) bond motifs is 1. The number of hydrogen-bond acceptors (Lipinski definition) is 9. The maximum atomic E-state index is 15.1. The first kappa shape index (κ1) is 26.5. The van der Waals surface area contributed by atoms with E-state index in [0.717, 1.165) is 41.2 Å². The maximum absolute atomic E-state index is 15.1. The first-order valence-corrected chi connectivity index (χ1v) is 12.8. The van der Waals surface area contributed by atoms with Crippen molar-refractivity contribution in [3.63, 3.8) is 0 Å². The van der Waals surface area contributed by atoms with Crippen LogP contribution in [0.2, 0.25) is 0 Å². The summed E-state index contributed by atoms with van der Waals surface area (Å²) < 4.78 is 35.1. The van der Waals surface area contributed by atoms with Crippen LogP contribution in [-0.4, -0.2) is 72.1 Å². The number of nitrogens with one attached hydrogen (secondary N) is 2. The largest absolute Gasteiger partial charge is 0.488 e. The van der Waals surface area contributed by atoms with Crippen molar-refractivity contribution in [1.29, 1.82) is 0 Å². The molecular formula is C25H30F2N10O2. The van der Waals surface area contributed by atoms with Crippen molar-refractivity contribution in [2.75, 3.05) is 30.5 Å². The number of alkyl halides is 1. The Labute approximate surface area is 223 Å². The monoisotopic (exact) mass is 540 g/mol. The van der Waals surface area contributed by atoms with Crippen molar-refractivity contribution >= 4 is 23.1 Å². The summed E-state index contributed by atoms with van der Waals surface area (Å²) in [6.07, 6.45) is 5.54. The van der Waals surface area contributed by atoms with Crippen molar-refractivity contribution in [2.24, 2.45) is 7.05 Å². The van der Waals surface area contributed by atoms with Gasteiger partial charge in [-0.15, -0.1) is 0 Å². The van der Waals surface area contributed by atoms with Crippen LogP contribution in [0.15, 0.2) is 23.1 Å². The Kier molecular flexibility index (Phi) is 7.17. The van der Waals surface area contributed by atoms with Gasteiger partial charge in [-0.25, -0.2) is 28.4 Å². The van der Waals surface area contributed by atoms with Gasteiger partial charge < -0.3 is 15.4 Å². The summed E-state index contributed by atoms with van der Waals surface area (Å²) in [6, 6.07) is 2.91. The summed E-state index contributed by atoms with van der Waals surface area (Å²) in [5.41, 5.74) is -0.329. The third-order valence-electron chi connectivity index (χ3n) is 7.27. The number of anilines is 3. The van der Waals surface area contributed by atoms with Gasteiger partial charge in [-0.05, 0) is 62.6 Å². The molecule has 0 bridgehead atoms. The minimum Gasteiger partial charge on any atom is -0.488 e. The van der Waals surface area contributed by atoms with Crippen LogP contribution in [-0.2, 0) is 7.05 Å². The first-order chi connectivity index (χ1) is 18.7. The summed E-state index contributed by atoms with van der Waals surface area (Å²) in [4.78, 5) is 27.3. The Bertz CT molecular complexity index is 1460. The number of rotatable bonds is 8. The lowest BCUT2D eigenvalue weighted by atomic mass is 9.84. The van der Waals surface area contributed by atoms with E-state index in [1.807, 2.05) is 0 Å². The van der Waals surface area contributed by atoms with Gasteiger partial charge in [0.2, 0.25) is 11.6 Å². The Morgan fingerprint density at radius 2 is 2.13 bits per heavy atom. The number of hydrogen-bond donors (Lipinski definition) is 2. The standard InChI is InChI=1S/C25H30F2N10O2/c1-25(2)13-15(10-16-6-5-8-36(16)25)30-22-19(28-3)14-29-23(32-22)31-18-12-20(37-24(38)35(4)33-34-37)21(11-17(18)27)39-9-7-26/h11-12,14-16H,5-10,13H2,1-2,4H3,(H2,29,30,31,32)/t15-,16+/m1/s1. The molecule has 2 aliphatic rings. The zero-order valence-corrected chi connectivity index (χ0v) is 22.0. The van der Waals surface area contributed by atoms with Gasteiger partial charge in [0.15, 0.2) is 5.82 Å². The van der Waals surface area contributed by atoms with Crippen molar-refractivity contribution in [3.8, 4) is 11.4 Å². The molecule has 0 radical (unpaired) electrons. The highest BCUT2D eigenvalue weighted by molar-refractivity contribution is 5.69. The van der Waals surface area contributed by atoms with Gasteiger partial charge >= 0.3 is 5.69 Å². The molecule has 3 aromatic rings. The number of aromatic nitrogens is 6. The van der Waals surface area contributed by atoms with E-state index in [9.17, 15) is 9.18 Å². The van der Waals surface area contributed by atoms with Crippen LogP contribution < -0.4 is 21.1 Å². The predicted molar refractivity (Wildman–Crippen MR) is 140 cm³/mol. The van der Waals surface area contributed by atoms with E-state index in [0.29, 0.717) is 11.9 Å². The molecule has 14 heteroatoms. The Morgan fingerprint density at radius 3 is 2.85 bits per heavy atom. The Morgan fingerprint density at radius 1 is 1.31 bits per heavy atom. The van der Waals surface area contributed by atoms with Gasteiger partial charge in [0, 0.05) is 36.9 Å². The van der Waals surface area contributed by atoms with Gasteiger partial charge in [0.1, 0.15) is 30.5 Å². The van der Waals surface area contributed by atoms with E-state index in [1.54, 1.807) is 0 Å². The van der Waals surface area contributed by atoms with Crippen LogP contribution in [0.4, 0.5) is 31.9 Å². The van der Waals surface area contributed by atoms with Crippen LogP contribution >= 0.6 is 0 Å². The van der Waals surface area contributed by atoms with Crippen LogP contribution in [0.25, 0.3) is 10.5 Å². The zero-order valence-electron chi connectivity index (χ0n) is 22.0. The first-order valence-electron chi connectivity index (χ1n) is 12.8. The lowest BCUT2D eigenvalue weighted by molar-refractivity contribution is 0.0501. The highest BCUT2D eigenvalue weighted by atomic mass is 19.1. The molecule has 5 rings (SSSR count). The molecule has 2 saturated heterocycles. The molecule has 206 valence electrons. The summed E-state index contributed by atoms with van der Waals surface area (Å²) in [6.45, 7) is 12.0. The molecule has 0 saturated carbocycles. The van der Waals surface area contributed by atoms with E-state index < -0.39 is 18.2 Å². The number of piperidine rings is 1. The highest BCUT2D eigenvalue weighted by Crippen LogP contribution is 2.39. The van der Waals surface area contributed by atoms with E-state index in [4.69, 9.17) is 11.3 Å². The lowest BCUT2D eigenvalue weighted by Crippen LogP contribution is -2.55. The molecule has 2 fully saturated rings. The number of aryl methyl sites for hydroxylation is 1. The molecule has 0 aliphatic carbocycles. The quantitative estimate of drug-likeness (QED) is 0.415. The van der Waals surface area contributed by atoms with E-state index in [1.165, 1.54) is 25.7 Å². The van der Waals surface area contributed by atoms with E-state index in [2.05, 4.69) is 54.6 Å². The zero-order chi connectivity index (χ0) is 27.7. The average molecular weight is 541 g/mol. The fourth-order valence-electron chi connectivity index (χ4n) is 5.59. The lowest BCUT2D eigenvalue weighted by Gasteiger charge is -2.48. The molecule has 4 heterocycles. The van der Waals surface area contributed by atoms with Crippen LogP contribution in [0.1, 0.15) is 39.5 Å². The van der Waals surface area contributed by atoms with Gasteiger partial charge in [-0.1, -0.05) is 0 Å². The highest BCUT2D eigenvalue weighted by Gasteiger charge is 2.43. The van der Waals surface area contributed by atoms with Crippen molar-refractivity contribution in [3.05, 3.63) is 46.0 Å². The normalized spacial score (nSPS) is 20.3. The average Bonchev–Trinajstić information content (AvgIpc) is 3.51. The summed E-state index contributed by atoms with van der Waals surface area (Å²) >= 11 is 0. The van der Waals surface area contributed by atoms with E-state index in [-0.39, 0.29) is 46.9 Å². The van der Waals surface area contributed by atoms with Crippen molar-refractivity contribution in [2.45, 2.75) is 57.2 Å². The summed E-state index contributed by atoms with van der Waals surface area (Å²) in [5.74, 6) is -0.405. The molecule has 12 nitrogen and oxygen atoms in total. The Hall–Kier alpha value is -4.12. The molecule has 2 aliphatic heterocycles. The Balaban J connectivity index is 1.44. The van der Waals surface area contributed by atoms with Crippen LogP contribution in [0.5, 0.6) is 5.75 Å². The number of halogens is 2. The molecule has 2 aromatic heterocycles. The smallest absolute Gasteiger partial charge is 0.368 e. The molecule has 2 N–H and O–H groups in total.